The summed E-state index contributed by atoms with van der Waals surface area (Å²) in [5, 5.41) is 11.3. The van der Waals surface area contributed by atoms with E-state index in [0.29, 0.717) is 39.9 Å². The molecule has 5 rings (SSSR count). The summed E-state index contributed by atoms with van der Waals surface area (Å²) in [4.78, 5) is 53.8. The monoisotopic (exact) mass is 569 g/mol. The van der Waals surface area contributed by atoms with E-state index in [4.69, 9.17) is 9.47 Å². The van der Waals surface area contributed by atoms with Crippen molar-refractivity contribution >= 4 is 28.5 Å². The Kier molecular flexibility index (Phi) is 8.76. The number of nitrogens with one attached hydrogen (secondary N) is 2. The maximum Gasteiger partial charge on any atom is 0.275 e. The zero-order valence-corrected chi connectivity index (χ0v) is 23.2. The van der Waals surface area contributed by atoms with Crippen LogP contribution in [0, 0.1) is 0 Å². The predicted octanol–water partition coefficient (Wildman–Crippen LogP) is 2.23. The van der Waals surface area contributed by atoms with Crippen molar-refractivity contribution in [3.8, 4) is 22.8 Å². The van der Waals surface area contributed by atoms with Crippen LogP contribution in [0.3, 0.4) is 0 Å². The van der Waals surface area contributed by atoms with Gasteiger partial charge in [-0.1, -0.05) is 48.5 Å². The lowest BCUT2D eigenvalue weighted by atomic mass is 10.1. The molecule has 4 aromatic rings. The fourth-order valence-corrected chi connectivity index (χ4v) is 4.76. The first kappa shape index (κ1) is 28.3. The van der Waals surface area contributed by atoms with Crippen LogP contribution in [-0.2, 0) is 16.1 Å². The first-order valence-corrected chi connectivity index (χ1v) is 13.6. The average Bonchev–Trinajstić information content (AvgIpc) is 3.02. The third-order valence-electron chi connectivity index (χ3n) is 6.89. The number of hydrogen-bond acceptors (Lipinski definition) is 7. The van der Waals surface area contributed by atoms with Crippen LogP contribution in [0.5, 0.6) is 11.5 Å². The molecule has 0 radical (unpaired) electrons. The highest BCUT2D eigenvalue weighted by atomic mass is 16.5. The van der Waals surface area contributed by atoms with Crippen molar-refractivity contribution in [3.63, 3.8) is 0 Å². The summed E-state index contributed by atoms with van der Waals surface area (Å²) in [5.74, 6) is -0.259. The smallest absolute Gasteiger partial charge is 0.275 e. The quantitative estimate of drug-likeness (QED) is 0.385. The van der Waals surface area contributed by atoms with Crippen molar-refractivity contribution in [1.29, 1.82) is 0 Å². The molecule has 11 heteroatoms. The molecule has 0 saturated heterocycles. The molecule has 0 atom stereocenters. The summed E-state index contributed by atoms with van der Waals surface area (Å²) in [7, 11) is 1.52. The van der Waals surface area contributed by atoms with Crippen LogP contribution in [-0.4, -0.2) is 72.3 Å². The lowest BCUT2D eigenvalue weighted by molar-refractivity contribution is -0.136. The lowest BCUT2D eigenvalue weighted by Crippen LogP contribution is -2.45. The Morgan fingerprint density at radius 3 is 2.50 bits per heavy atom. The molecule has 3 amide bonds. The van der Waals surface area contributed by atoms with E-state index < -0.39 is 11.5 Å². The molecule has 11 nitrogen and oxygen atoms in total. The molecular weight excluding hydrogens is 538 g/mol. The van der Waals surface area contributed by atoms with Crippen LogP contribution >= 0.6 is 0 Å². The number of carbonyl (C=O) groups excluding carboxylic acids is 3. The van der Waals surface area contributed by atoms with Gasteiger partial charge in [0.2, 0.25) is 11.8 Å². The summed E-state index contributed by atoms with van der Waals surface area (Å²) < 4.78 is 12.1. The van der Waals surface area contributed by atoms with Crippen LogP contribution in [0.15, 0.2) is 77.6 Å². The predicted molar refractivity (Wildman–Crippen MR) is 156 cm³/mol. The maximum atomic E-state index is 13.5. The van der Waals surface area contributed by atoms with Gasteiger partial charge < -0.3 is 25.0 Å². The van der Waals surface area contributed by atoms with Gasteiger partial charge in [-0.2, -0.15) is 5.10 Å². The second-order valence-corrected chi connectivity index (χ2v) is 9.71. The van der Waals surface area contributed by atoms with Gasteiger partial charge in [-0.15, -0.1) is 0 Å². The van der Waals surface area contributed by atoms with E-state index in [1.807, 2.05) is 42.5 Å². The number of fused-ring (bicyclic) bond motifs is 2. The van der Waals surface area contributed by atoms with Crippen LogP contribution in [0.1, 0.15) is 16.8 Å². The van der Waals surface area contributed by atoms with Crippen LogP contribution in [0.4, 0.5) is 0 Å². The van der Waals surface area contributed by atoms with Gasteiger partial charge in [0, 0.05) is 30.1 Å². The Labute approximate surface area is 242 Å². The highest BCUT2D eigenvalue weighted by Crippen LogP contribution is 2.26. The summed E-state index contributed by atoms with van der Waals surface area (Å²) in [6.07, 6.45) is 0.381. The highest BCUT2D eigenvalue weighted by Gasteiger charge is 2.21. The number of rotatable bonds is 4. The van der Waals surface area contributed by atoms with Gasteiger partial charge in [-0.05, 0) is 24.6 Å². The highest BCUT2D eigenvalue weighted by molar-refractivity contribution is 5.97. The standard InChI is InChI=1S/C31H31N5O6/c1-41-22-12-13-25-26(18-22)42-17-15-32-27(37)19-35(16-7-14-33-30(25)39)28(38)20-36-31(40)24-11-6-5-10-23(24)29(34-36)21-8-3-2-4-9-21/h2-6,8-13,18H,7,14-17,19-20H2,1H3,(H,32,37)(H,33,39). The first-order chi connectivity index (χ1) is 20.4. The van der Waals surface area contributed by atoms with E-state index in [-0.39, 0.29) is 51.1 Å². The number of aromatic nitrogens is 2. The second-order valence-electron chi connectivity index (χ2n) is 9.71. The molecule has 1 aliphatic heterocycles. The summed E-state index contributed by atoms with van der Waals surface area (Å²) in [6.45, 7) is 0.137. The molecule has 0 spiro atoms. The van der Waals surface area contributed by atoms with Crippen molar-refractivity contribution in [2.75, 3.05) is 39.9 Å². The van der Waals surface area contributed by atoms with Crippen molar-refractivity contribution in [2.24, 2.45) is 0 Å². The molecular formula is C31H31N5O6. The van der Waals surface area contributed by atoms with Gasteiger partial charge >= 0.3 is 0 Å². The first-order valence-electron chi connectivity index (χ1n) is 13.6. The second kappa shape index (κ2) is 13.0. The molecule has 1 aliphatic rings. The van der Waals surface area contributed by atoms with E-state index in [1.54, 1.807) is 30.3 Å². The molecule has 2 heterocycles. The van der Waals surface area contributed by atoms with E-state index in [2.05, 4.69) is 15.7 Å². The van der Waals surface area contributed by atoms with Gasteiger partial charge in [0.15, 0.2) is 0 Å². The third kappa shape index (κ3) is 6.41. The minimum absolute atomic E-state index is 0.103. The van der Waals surface area contributed by atoms with E-state index in [1.165, 1.54) is 12.0 Å². The lowest BCUT2D eigenvalue weighted by Gasteiger charge is -2.23. The van der Waals surface area contributed by atoms with Gasteiger partial charge in [-0.25, -0.2) is 4.68 Å². The van der Waals surface area contributed by atoms with Gasteiger partial charge in [-0.3, -0.25) is 19.2 Å². The van der Waals surface area contributed by atoms with Gasteiger partial charge in [0.1, 0.15) is 24.7 Å². The number of hydrogen-bond donors (Lipinski definition) is 2. The topological polar surface area (TPSA) is 132 Å². The molecule has 0 saturated carbocycles. The number of amides is 3. The zero-order valence-electron chi connectivity index (χ0n) is 23.2. The summed E-state index contributed by atoms with van der Waals surface area (Å²) in [5.41, 5.74) is 1.33. The molecule has 1 aromatic heterocycles. The Balaban J connectivity index is 1.36. The number of benzene rings is 3. The SMILES string of the molecule is COc1ccc2c(c1)OCCNC(=O)CN(C(=O)Cn1nc(-c3ccccc3)c3ccccc3c1=O)CCCNC2=O. The third-order valence-corrected chi connectivity index (χ3v) is 6.89. The molecule has 0 aliphatic carbocycles. The Morgan fingerprint density at radius 2 is 1.71 bits per heavy atom. The molecule has 0 fully saturated rings. The van der Waals surface area contributed by atoms with Gasteiger partial charge in [0.05, 0.1) is 36.8 Å². The fraction of sp³-hybridized carbons (Fsp3) is 0.258. The van der Waals surface area contributed by atoms with E-state index in [0.717, 1.165) is 10.2 Å². The van der Waals surface area contributed by atoms with Crippen LogP contribution in [0.2, 0.25) is 0 Å². The molecule has 3 aromatic carbocycles. The number of carbonyl (C=O) groups is 3. The Morgan fingerprint density at radius 1 is 0.952 bits per heavy atom. The molecule has 0 bridgehead atoms. The van der Waals surface area contributed by atoms with Crippen molar-refractivity contribution in [1.82, 2.24) is 25.3 Å². The molecule has 2 N–H and O–H groups in total. The maximum absolute atomic E-state index is 13.5. The number of ether oxygens (including phenoxy) is 2. The summed E-state index contributed by atoms with van der Waals surface area (Å²) >= 11 is 0. The Hall–Kier alpha value is -5.19. The molecule has 216 valence electrons. The summed E-state index contributed by atoms with van der Waals surface area (Å²) in [6, 6.07) is 21.5. The number of methoxy groups -OCH3 is 1. The van der Waals surface area contributed by atoms with Gasteiger partial charge in [0.25, 0.3) is 11.5 Å². The normalized spacial score (nSPS) is 14.6. The molecule has 42 heavy (non-hydrogen) atoms. The van der Waals surface area contributed by atoms with Crippen LogP contribution in [0.25, 0.3) is 22.0 Å². The number of nitrogens with zero attached hydrogens (tertiary/aromatic N) is 3. The minimum atomic E-state index is -0.443. The zero-order chi connectivity index (χ0) is 29.5. The van der Waals surface area contributed by atoms with Crippen molar-refractivity contribution < 1.29 is 23.9 Å². The Bertz CT molecular complexity index is 1670. The average molecular weight is 570 g/mol. The van der Waals surface area contributed by atoms with Crippen molar-refractivity contribution in [3.05, 3.63) is 88.7 Å². The van der Waals surface area contributed by atoms with E-state index in [9.17, 15) is 19.2 Å². The van der Waals surface area contributed by atoms with Crippen molar-refractivity contribution in [2.45, 2.75) is 13.0 Å². The fourth-order valence-electron chi connectivity index (χ4n) is 4.76. The molecule has 0 unspecified atom stereocenters. The minimum Gasteiger partial charge on any atom is -0.497 e. The van der Waals surface area contributed by atoms with Crippen LogP contribution < -0.4 is 25.7 Å². The van der Waals surface area contributed by atoms with E-state index >= 15 is 0 Å². The largest absolute Gasteiger partial charge is 0.497 e.